The lowest BCUT2D eigenvalue weighted by molar-refractivity contribution is 0.137. The van der Waals surface area contributed by atoms with Crippen LogP contribution in [0.3, 0.4) is 0 Å². The maximum Gasteiger partial charge on any atom is 0.0953 e. The topological polar surface area (TPSA) is 33.1 Å². The molecule has 1 heterocycles. The fourth-order valence-corrected chi connectivity index (χ4v) is 3.61. The summed E-state index contributed by atoms with van der Waals surface area (Å²) in [6.07, 6.45) is 9.64. The van der Waals surface area contributed by atoms with Gasteiger partial charge in [-0.25, -0.2) is 4.98 Å². The van der Waals surface area contributed by atoms with Crippen molar-refractivity contribution in [1.82, 2.24) is 4.98 Å². The zero-order chi connectivity index (χ0) is 12.1. The molecule has 0 radical (unpaired) electrons. The molecule has 1 aromatic rings. The second-order valence-corrected chi connectivity index (χ2v) is 6.28. The zero-order valence-electron chi connectivity index (χ0n) is 10.7. The normalized spacial score (nSPS) is 20.1. The van der Waals surface area contributed by atoms with Gasteiger partial charge in [-0.2, -0.15) is 0 Å². The van der Waals surface area contributed by atoms with Gasteiger partial charge >= 0.3 is 0 Å². The molecule has 0 spiro atoms. The second kappa shape index (κ2) is 6.50. The molecule has 1 aromatic heterocycles. The van der Waals surface area contributed by atoms with Crippen LogP contribution in [0.5, 0.6) is 0 Å². The molecule has 96 valence electrons. The highest BCUT2D eigenvalue weighted by Gasteiger charge is 2.17. The van der Waals surface area contributed by atoms with Gasteiger partial charge in [0, 0.05) is 17.5 Å². The number of hydrogen-bond acceptors (Lipinski definition) is 3. The number of aliphatic hydroxyl groups is 1. The number of aliphatic hydroxyl groups excluding tert-OH is 1. The van der Waals surface area contributed by atoms with E-state index in [0.29, 0.717) is 0 Å². The van der Waals surface area contributed by atoms with E-state index in [1.807, 2.05) is 6.92 Å². The SMILES string of the molecule is Cc1csc(CC(O)CC2CCCCCC2)n1. The fraction of sp³-hybridized carbons (Fsp3) is 0.786. The highest BCUT2D eigenvalue weighted by molar-refractivity contribution is 7.09. The van der Waals surface area contributed by atoms with E-state index in [9.17, 15) is 5.11 Å². The molecule has 1 unspecified atom stereocenters. The quantitative estimate of drug-likeness (QED) is 0.830. The van der Waals surface area contributed by atoms with E-state index < -0.39 is 0 Å². The summed E-state index contributed by atoms with van der Waals surface area (Å²) < 4.78 is 0. The average molecular weight is 253 g/mol. The Hall–Kier alpha value is -0.410. The van der Waals surface area contributed by atoms with E-state index in [4.69, 9.17) is 0 Å². The molecular weight excluding hydrogens is 230 g/mol. The number of rotatable bonds is 4. The molecule has 0 aliphatic heterocycles. The molecule has 0 amide bonds. The lowest BCUT2D eigenvalue weighted by atomic mass is 9.93. The second-order valence-electron chi connectivity index (χ2n) is 5.33. The van der Waals surface area contributed by atoms with Gasteiger partial charge in [-0.15, -0.1) is 11.3 Å². The van der Waals surface area contributed by atoms with E-state index in [1.165, 1.54) is 38.5 Å². The van der Waals surface area contributed by atoms with Crippen molar-refractivity contribution in [3.63, 3.8) is 0 Å². The van der Waals surface area contributed by atoms with Crippen LogP contribution in [0.2, 0.25) is 0 Å². The van der Waals surface area contributed by atoms with Crippen LogP contribution in [0, 0.1) is 12.8 Å². The fourth-order valence-electron chi connectivity index (χ4n) is 2.77. The number of nitrogens with zero attached hydrogens (tertiary/aromatic N) is 1. The van der Waals surface area contributed by atoms with Crippen LogP contribution in [-0.2, 0) is 6.42 Å². The highest BCUT2D eigenvalue weighted by atomic mass is 32.1. The molecule has 1 saturated carbocycles. The maximum absolute atomic E-state index is 10.1. The van der Waals surface area contributed by atoms with E-state index >= 15 is 0 Å². The molecule has 1 atom stereocenters. The molecule has 0 bridgehead atoms. The van der Waals surface area contributed by atoms with Crippen molar-refractivity contribution in [2.45, 2.75) is 64.4 Å². The molecule has 2 rings (SSSR count). The predicted octanol–water partition coefficient (Wildman–Crippen LogP) is 3.72. The molecule has 1 fully saturated rings. The number of aromatic nitrogens is 1. The average Bonchev–Trinajstić information content (AvgIpc) is 2.53. The molecule has 2 nitrogen and oxygen atoms in total. The highest BCUT2D eigenvalue weighted by Crippen LogP contribution is 2.27. The third kappa shape index (κ3) is 4.40. The van der Waals surface area contributed by atoms with Crippen LogP contribution >= 0.6 is 11.3 Å². The molecule has 3 heteroatoms. The van der Waals surface area contributed by atoms with Gasteiger partial charge in [0.25, 0.3) is 0 Å². The summed E-state index contributed by atoms with van der Waals surface area (Å²) in [5.41, 5.74) is 1.08. The molecule has 1 aliphatic rings. The van der Waals surface area contributed by atoms with Crippen molar-refractivity contribution < 1.29 is 5.11 Å². The Morgan fingerprint density at radius 2 is 2.06 bits per heavy atom. The minimum atomic E-state index is -0.191. The van der Waals surface area contributed by atoms with Crippen LogP contribution in [0.15, 0.2) is 5.38 Å². The van der Waals surface area contributed by atoms with Crippen LogP contribution in [-0.4, -0.2) is 16.2 Å². The van der Waals surface area contributed by atoms with Crippen molar-refractivity contribution in [1.29, 1.82) is 0 Å². The van der Waals surface area contributed by atoms with Crippen molar-refractivity contribution in [3.05, 3.63) is 16.1 Å². The molecule has 17 heavy (non-hydrogen) atoms. The monoisotopic (exact) mass is 253 g/mol. The Bertz CT molecular complexity index is 329. The largest absolute Gasteiger partial charge is 0.393 e. The summed E-state index contributed by atoms with van der Waals surface area (Å²) in [6, 6.07) is 0. The van der Waals surface area contributed by atoms with Crippen LogP contribution < -0.4 is 0 Å². The van der Waals surface area contributed by atoms with Crippen LogP contribution in [0.4, 0.5) is 0 Å². The van der Waals surface area contributed by atoms with Gasteiger partial charge in [0.2, 0.25) is 0 Å². The number of aryl methyl sites for hydroxylation is 1. The van der Waals surface area contributed by atoms with Gasteiger partial charge in [0.1, 0.15) is 0 Å². The Kier molecular flexibility index (Phi) is 4.99. The van der Waals surface area contributed by atoms with Gasteiger partial charge in [-0.3, -0.25) is 0 Å². The van der Waals surface area contributed by atoms with Crippen molar-refractivity contribution in [3.8, 4) is 0 Å². The van der Waals surface area contributed by atoms with Gasteiger partial charge < -0.3 is 5.11 Å². The van der Waals surface area contributed by atoms with E-state index in [-0.39, 0.29) is 6.10 Å². The van der Waals surface area contributed by atoms with Crippen molar-refractivity contribution in [2.24, 2.45) is 5.92 Å². The molecular formula is C14H23NOS. The minimum absolute atomic E-state index is 0.191. The molecule has 1 aliphatic carbocycles. The summed E-state index contributed by atoms with van der Waals surface area (Å²) >= 11 is 1.67. The van der Waals surface area contributed by atoms with Gasteiger partial charge in [0.05, 0.1) is 11.1 Å². The molecule has 0 aromatic carbocycles. The minimum Gasteiger partial charge on any atom is -0.393 e. The summed E-state index contributed by atoms with van der Waals surface area (Å²) in [5, 5.41) is 13.3. The Balaban J connectivity index is 1.77. The van der Waals surface area contributed by atoms with Crippen LogP contribution in [0.25, 0.3) is 0 Å². The first-order valence-corrected chi connectivity index (χ1v) is 7.71. The first-order chi connectivity index (χ1) is 8.24. The van der Waals surface area contributed by atoms with Crippen LogP contribution in [0.1, 0.15) is 55.6 Å². The number of hydrogen-bond donors (Lipinski definition) is 1. The Morgan fingerprint density at radius 1 is 1.35 bits per heavy atom. The summed E-state index contributed by atoms with van der Waals surface area (Å²) in [5.74, 6) is 0.744. The van der Waals surface area contributed by atoms with E-state index in [2.05, 4.69) is 10.4 Å². The smallest absolute Gasteiger partial charge is 0.0953 e. The van der Waals surface area contributed by atoms with E-state index in [1.54, 1.807) is 11.3 Å². The van der Waals surface area contributed by atoms with E-state index in [0.717, 1.165) is 29.5 Å². The van der Waals surface area contributed by atoms with Gasteiger partial charge in [0.15, 0.2) is 0 Å². The lowest BCUT2D eigenvalue weighted by Gasteiger charge is -2.17. The molecule has 0 saturated heterocycles. The van der Waals surface area contributed by atoms with Gasteiger partial charge in [-0.05, 0) is 19.3 Å². The van der Waals surface area contributed by atoms with Gasteiger partial charge in [-0.1, -0.05) is 38.5 Å². The zero-order valence-corrected chi connectivity index (χ0v) is 11.5. The lowest BCUT2D eigenvalue weighted by Crippen LogP contribution is -2.16. The van der Waals surface area contributed by atoms with Crippen molar-refractivity contribution in [2.75, 3.05) is 0 Å². The summed E-state index contributed by atoms with van der Waals surface area (Å²) in [6.45, 7) is 2.01. The molecule has 1 N–H and O–H groups in total. The third-order valence-electron chi connectivity index (χ3n) is 3.66. The Morgan fingerprint density at radius 3 is 2.65 bits per heavy atom. The maximum atomic E-state index is 10.1. The Labute approximate surface area is 108 Å². The predicted molar refractivity (Wildman–Crippen MR) is 72.4 cm³/mol. The standard InChI is InChI=1S/C14H23NOS/c1-11-10-17-14(15-11)9-13(16)8-12-6-4-2-3-5-7-12/h10,12-13,16H,2-9H2,1H3. The first kappa shape index (κ1) is 13.0. The third-order valence-corrected chi connectivity index (χ3v) is 4.65. The number of thiazole rings is 1. The first-order valence-electron chi connectivity index (χ1n) is 6.83. The summed E-state index contributed by atoms with van der Waals surface area (Å²) in [4.78, 5) is 4.42. The van der Waals surface area contributed by atoms with Crippen molar-refractivity contribution >= 4 is 11.3 Å². The summed E-state index contributed by atoms with van der Waals surface area (Å²) in [7, 11) is 0.